The van der Waals surface area contributed by atoms with Crippen LogP contribution in [-0.2, 0) is 4.74 Å². The first-order chi connectivity index (χ1) is 8.45. The number of hydrogen-bond acceptors (Lipinski definition) is 4. The average molecular weight is 256 g/mol. The minimum atomic E-state index is -1.22. The molecule has 100 valence electrons. The van der Waals surface area contributed by atoms with E-state index in [0.717, 1.165) is 12.3 Å². The maximum Gasteiger partial charge on any atom is 0.339 e. The van der Waals surface area contributed by atoms with Crippen LogP contribution in [0, 0.1) is 11.7 Å². The van der Waals surface area contributed by atoms with Gasteiger partial charge in [-0.2, -0.15) is 0 Å². The van der Waals surface area contributed by atoms with Crippen molar-refractivity contribution in [2.75, 3.05) is 19.0 Å². The lowest BCUT2D eigenvalue weighted by atomic mass is 10.1. The predicted octanol–water partition coefficient (Wildman–Crippen LogP) is 2.00. The summed E-state index contributed by atoms with van der Waals surface area (Å²) in [7, 11) is 1.56. The number of pyridine rings is 1. The number of nitrogens with zero attached hydrogens (tertiary/aromatic N) is 1. The Morgan fingerprint density at radius 1 is 1.61 bits per heavy atom. The molecule has 6 heteroatoms. The molecule has 0 spiro atoms. The summed E-state index contributed by atoms with van der Waals surface area (Å²) in [5.41, 5.74) is -0.184. The molecule has 0 saturated heterocycles. The maximum absolute atomic E-state index is 13.0. The van der Waals surface area contributed by atoms with Crippen LogP contribution in [0.2, 0.25) is 0 Å². The zero-order valence-electron chi connectivity index (χ0n) is 10.6. The molecular weight excluding hydrogens is 239 g/mol. The maximum atomic E-state index is 13.0. The van der Waals surface area contributed by atoms with Gasteiger partial charge in [0.25, 0.3) is 0 Å². The molecule has 0 aliphatic rings. The van der Waals surface area contributed by atoms with Crippen molar-refractivity contribution in [3.63, 3.8) is 0 Å². The summed E-state index contributed by atoms with van der Waals surface area (Å²) in [5.74, 6) is -1.52. The van der Waals surface area contributed by atoms with Crippen molar-refractivity contribution in [2.24, 2.45) is 5.92 Å². The standard InChI is InChI=1S/C12H17FN2O3/c1-7(2)10(6-18-3)15-11-9(12(16)17)4-8(13)5-14-11/h4-5,7,10H,6H2,1-3H3,(H,14,15)(H,16,17). The highest BCUT2D eigenvalue weighted by Gasteiger charge is 2.18. The van der Waals surface area contributed by atoms with Crippen molar-refractivity contribution in [2.45, 2.75) is 19.9 Å². The van der Waals surface area contributed by atoms with Gasteiger partial charge in [0, 0.05) is 7.11 Å². The van der Waals surface area contributed by atoms with Gasteiger partial charge in [0.1, 0.15) is 17.2 Å². The molecule has 0 aromatic carbocycles. The normalized spacial score (nSPS) is 12.5. The van der Waals surface area contributed by atoms with E-state index >= 15 is 0 Å². The van der Waals surface area contributed by atoms with Crippen LogP contribution in [0.3, 0.4) is 0 Å². The highest BCUT2D eigenvalue weighted by atomic mass is 19.1. The molecule has 1 atom stereocenters. The van der Waals surface area contributed by atoms with E-state index in [-0.39, 0.29) is 23.3 Å². The number of methoxy groups -OCH3 is 1. The first kappa shape index (κ1) is 14.4. The van der Waals surface area contributed by atoms with Gasteiger partial charge in [0.15, 0.2) is 0 Å². The number of aromatic nitrogens is 1. The van der Waals surface area contributed by atoms with E-state index in [2.05, 4.69) is 10.3 Å². The third-order valence-electron chi connectivity index (χ3n) is 2.56. The van der Waals surface area contributed by atoms with Crippen LogP contribution >= 0.6 is 0 Å². The molecule has 1 rings (SSSR count). The Labute approximate surface area is 105 Å². The van der Waals surface area contributed by atoms with Gasteiger partial charge in [-0.15, -0.1) is 0 Å². The van der Waals surface area contributed by atoms with Gasteiger partial charge in [0.05, 0.1) is 18.8 Å². The highest BCUT2D eigenvalue weighted by molar-refractivity contribution is 5.93. The van der Waals surface area contributed by atoms with Gasteiger partial charge >= 0.3 is 5.97 Å². The minimum absolute atomic E-state index is 0.0916. The van der Waals surface area contributed by atoms with Crippen molar-refractivity contribution in [3.05, 3.63) is 23.6 Å². The molecule has 0 fully saturated rings. The molecule has 0 aliphatic carbocycles. The van der Waals surface area contributed by atoms with Crippen LogP contribution in [0.15, 0.2) is 12.3 Å². The molecular formula is C12H17FN2O3. The Kier molecular flexibility index (Phi) is 5.03. The SMILES string of the molecule is COCC(Nc1ncc(F)cc1C(=O)O)C(C)C. The van der Waals surface area contributed by atoms with Crippen molar-refractivity contribution in [3.8, 4) is 0 Å². The number of carboxylic acid groups (broad SMARTS) is 1. The monoisotopic (exact) mass is 256 g/mol. The first-order valence-electron chi connectivity index (χ1n) is 5.60. The number of anilines is 1. The van der Waals surface area contributed by atoms with Crippen LogP contribution in [0.1, 0.15) is 24.2 Å². The van der Waals surface area contributed by atoms with E-state index in [0.29, 0.717) is 6.61 Å². The van der Waals surface area contributed by atoms with Crippen molar-refractivity contribution in [1.82, 2.24) is 4.98 Å². The summed E-state index contributed by atoms with van der Waals surface area (Å²) >= 11 is 0. The van der Waals surface area contributed by atoms with Gasteiger partial charge in [-0.05, 0) is 12.0 Å². The fourth-order valence-corrected chi connectivity index (χ4v) is 1.47. The van der Waals surface area contributed by atoms with E-state index in [4.69, 9.17) is 9.84 Å². The molecule has 18 heavy (non-hydrogen) atoms. The van der Waals surface area contributed by atoms with Gasteiger partial charge in [0.2, 0.25) is 0 Å². The predicted molar refractivity (Wildman–Crippen MR) is 65.3 cm³/mol. The van der Waals surface area contributed by atoms with Crippen LogP contribution in [0.5, 0.6) is 0 Å². The lowest BCUT2D eigenvalue weighted by Gasteiger charge is -2.22. The van der Waals surface area contributed by atoms with Crippen molar-refractivity contribution >= 4 is 11.8 Å². The number of aromatic carboxylic acids is 1. The largest absolute Gasteiger partial charge is 0.478 e. The third-order valence-corrected chi connectivity index (χ3v) is 2.56. The summed E-state index contributed by atoms with van der Waals surface area (Å²) in [6, 6.07) is 0.855. The number of carbonyl (C=O) groups is 1. The zero-order valence-corrected chi connectivity index (χ0v) is 10.6. The van der Waals surface area contributed by atoms with E-state index < -0.39 is 11.8 Å². The van der Waals surface area contributed by atoms with E-state index in [1.165, 1.54) is 0 Å². The average Bonchev–Trinajstić information content (AvgIpc) is 2.30. The molecule has 1 aromatic heterocycles. The fourth-order valence-electron chi connectivity index (χ4n) is 1.47. The third kappa shape index (κ3) is 3.66. The van der Waals surface area contributed by atoms with E-state index in [1.807, 2.05) is 13.8 Å². The van der Waals surface area contributed by atoms with Crippen LogP contribution in [-0.4, -0.2) is 35.8 Å². The number of nitrogens with one attached hydrogen (secondary N) is 1. The van der Waals surface area contributed by atoms with Crippen LogP contribution in [0.25, 0.3) is 0 Å². The highest BCUT2D eigenvalue weighted by Crippen LogP contribution is 2.17. The Morgan fingerprint density at radius 3 is 2.78 bits per heavy atom. The van der Waals surface area contributed by atoms with Crippen LogP contribution in [0.4, 0.5) is 10.2 Å². The van der Waals surface area contributed by atoms with Gasteiger partial charge < -0.3 is 15.2 Å². The number of halogens is 1. The summed E-state index contributed by atoms with van der Waals surface area (Å²) < 4.78 is 18.0. The van der Waals surface area contributed by atoms with E-state index in [9.17, 15) is 9.18 Å². The van der Waals surface area contributed by atoms with Crippen LogP contribution < -0.4 is 5.32 Å². The van der Waals surface area contributed by atoms with Crippen molar-refractivity contribution < 1.29 is 19.0 Å². The van der Waals surface area contributed by atoms with E-state index in [1.54, 1.807) is 7.11 Å². The lowest BCUT2D eigenvalue weighted by Crippen LogP contribution is -2.31. The van der Waals surface area contributed by atoms with Gasteiger partial charge in [-0.25, -0.2) is 14.2 Å². The lowest BCUT2D eigenvalue weighted by molar-refractivity contribution is 0.0696. The summed E-state index contributed by atoms with van der Waals surface area (Å²) in [5, 5.41) is 12.0. The quantitative estimate of drug-likeness (QED) is 0.814. The molecule has 0 radical (unpaired) electrons. The molecule has 2 N–H and O–H groups in total. The molecule has 1 aromatic rings. The number of hydrogen-bond donors (Lipinski definition) is 2. The zero-order chi connectivity index (χ0) is 13.7. The molecule has 0 aliphatic heterocycles. The topological polar surface area (TPSA) is 71.5 Å². The molecule has 0 bridgehead atoms. The Bertz CT molecular complexity index is 424. The minimum Gasteiger partial charge on any atom is -0.478 e. The molecule has 0 amide bonds. The van der Waals surface area contributed by atoms with Gasteiger partial charge in [-0.1, -0.05) is 13.8 Å². The summed E-state index contributed by atoms with van der Waals surface area (Å²) in [6.07, 6.45) is 0.985. The Balaban J connectivity index is 2.98. The smallest absolute Gasteiger partial charge is 0.339 e. The molecule has 5 nitrogen and oxygen atoms in total. The second-order valence-electron chi connectivity index (χ2n) is 4.31. The Hall–Kier alpha value is -1.69. The second-order valence-corrected chi connectivity index (χ2v) is 4.31. The molecule has 0 saturated carbocycles. The summed E-state index contributed by atoms with van der Waals surface area (Å²) in [6.45, 7) is 4.36. The van der Waals surface area contributed by atoms with Crippen molar-refractivity contribution in [1.29, 1.82) is 0 Å². The summed E-state index contributed by atoms with van der Waals surface area (Å²) in [4.78, 5) is 14.8. The number of ether oxygens (including phenoxy) is 1. The fraction of sp³-hybridized carbons (Fsp3) is 0.500. The second kappa shape index (κ2) is 6.30. The number of rotatable bonds is 6. The Morgan fingerprint density at radius 2 is 2.28 bits per heavy atom. The molecule has 1 heterocycles. The number of carboxylic acids is 1. The van der Waals surface area contributed by atoms with Gasteiger partial charge in [-0.3, -0.25) is 0 Å². The first-order valence-corrected chi connectivity index (χ1v) is 5.60. The molecule has 1 unspecified atom stereocenters.